The van der Waals surface area contributed by atoms with E-state index < -0.39 is 0 Å². The predicted octanol–water partition coefficient (Wildman–Crippen LogP) is 4.00. The third-order valence-electron chi connectivity index (χ3n) is 5.14. The largest absolute Gasteiger partial charge is 0.493 e. The fourth-order valence-electron chi connectivity index (χ4n) is 3.67. The van der Waals surface area contributed by atoms with Gasteiger partial charge in [-0.25, -0.2) is 9.97 Å². The van der Waals surface area contributed by atoms with Gasteiger partial charge in [-0.05, 0) is 30.3 Å². The molecule has 0 radical (unpaired) electrons. The number of carbonyl (C=O) groups is 1. The lowest BCUT2D eigenvalue weighted by molar-refractivity contribution is -0.116. The van der Waals surface area contributed by atoms with Crippen molar-refractivity contribution in [1.29, 1.82) is 0 Å². The molecule has 0 saturated carbocycles. The van der Waals surface area contributed by atoms with E-state index in [0.717, 1.165) is 21.5 Å². The minimum atomic E-state index is -0.0772. The SMILES string of the molecule is COc1cc(-c2cnc3c(n2)N(c2ccc4scnc4c2)C(=O)C3)cc(OC)c1OC. The van der Waals surface area contributed by atoms with E-state index in [1.807, 2.05) is 18.2 Å². The first-order chi connectivity index (χ1) is 15.1. The number of nitrogens with zero attached hydrogens (tertiary/aromatic N) is 4. The summed E-state index contributed by atoms with van der Waals surface area (Å²) >= 11 is 1.56. The first-order valence-electron chi connectivity index (χ1n) is 9.45. The molecule has 0 bridgehead atoms. The van der Waals surface area contributed by atoms with E-state index in [-0.39, 0.29) is 12.3 Å². The molecule has 0 aliphatic carbocycles. The van der Waals surface area contributed by atoms with Crippen LogP contribution in [0.25, 0.3) is 21.5 Å². The van der Waals surface area contributed by atoms with Crippen LogP contribution in [0.4, 0.5) is 11.5 Å². The lowest BCUT2D eigenvalue weighted by Crippen LogP contribution is -2.21. The molecule has 9 heteroatoms. The van der Waals surface area contributed by atoms with Gasteiger partial charge in [0.05, 0.1) is 66.7 Å². The number of anilines is 2. The summed E-state index contributed by atoms with van der Waals surface area (Å²) in [6.07, 6.45) is 1.85. The van der Waals surface area contributed by atoms with Crippen molar-refractivity contribution in [3.05, 3.63) is 47.7 Å². The molecule has 2 aromatic heterocycles. The summed E-state index contributed by atoms with van der Waals surface area (Å²) in [5.74, 6) is 1.97. The van der Waals surface area contributed by atoms with Gasteiger partial charge in [0, 0.05) is 5.56 Å². The number of amides is 1. The monoisotopic (exact) mass is 434 g/mol. The highest BCUT2D eigenvalue weighted by molar-refractivity contribution is 7.16. The minimum absolute atomic E-state index is 0.0772. The van der Waals surface area contributed by atoms with Crippen LogP contribution in [0, 0.1) is 0 Å². The Kier molecular flexibility index (Phi) is 4.67. The van der Waals surface area contributed by atoms with Crippen LogP contribution in [0.5, 0.6) is 17.2 Å². The van der Waals surface area contributed by atoms with Crippen molar-refractivity contribution >= 4 is 39.0 Å². The van der Waals surface area contributed by atoms with Crippen molar-refractivity contribution in [1.82, 2.24) is 15.0 Å². The van der Waals surface area contributed by atoms with Gasteiger partial charge in [0.25, 0.3) is 0 Å². The first kappa shape index (κ1) is 19.3. The molecular weight excluding hydrogens is 416 g/mol. The average molecular weight is 434 g/mol. The van der Waals surface area contributed by atoms with E-state index in [4.69, 9.17) is 19.2 Å². The summed E-state index contributed by atoms with van der Waals surface area (Å²) in [5, 5.41) is 0. The van der Waals surface area contributed by atoms with Crippen LogP contribution in [0.3, 0.4) is 0 Å². The zero-order valence-electron chi connectivity index (χ0n) is 17.1. The van der Waals surface area contributed by atoms with Crippen molar-refractivity contribution in [3.63, 3.8) is 0 Å². The maximum Gasteiger partial charge on any atom is 0.238 e. The molecule has 0 saturated heterocycles. The van der Waals surface area contributed by atoms with Crippen molar-refractivity contribution in [2.24, 2.45) is 0 Å². The molecule has 156 valence electrons. The molecule has 5 rings (SSSR count). The highest BCUT2D eigenvalue weighted by Gasteiger charge is 2.32. The number of aromatic nitrogens is 3. The number of hydrogen-bond donors (Lipinski definition) is 0. The van der Waals surface area contributed by atoms with Crippen LogP contribution in [0.1, 0.15) is 5.69 Å². The Morgan fingerprint density at radius 3 is 2.48 bits per heavy atom. The summed E-state index contributed by atoms with van der Waals surface area (Å²) < 4.78 is 17.4. The van der Waals surface area contributed by atoms with Gasteiger partial charge in [-0.3, -0.25) is 14.7 Å². The number of thiazole rings is 1. The van der Waals surface area contributed by atoms with Gasteiger partial charge in [0.1, 0.15) is 0 Å². The number of carbonyl (C=O) groups excluding carboxylic acids is 1. The molecular formula is C22H18N4O4S. The first-order valence-corrected chi connectivity index (χ1v) is 10.3. The average Bonchev–Trinajstić information content (AvgIpc) is 3.40. The Bertz CT molecular complexity index is 1300. The van der Waals surface area contributed by atoms with Crippen LogP contribution < -0.4 is 19.1 Å². The number of methoxy groups -OCH3 is 3. The van der Waals surface area contributed by atoms with Crippen LogP contribution in [0.15, 0.2) is 42.0 Å². The fraction of sp³-hybridized carbons (Fsp3) is 0.182. The molecule has 8 nitrogen and oxygen atoms in total. The van der Waals surface area contributed by atoms with E-state index in [9.17, 15) is 4.79 Å². The third kappa shape index (κ3) is 3.14. The lowest BCUT2D eigenvalue weighted by atomic mass is 10.1. The molecule has 31 heavy (non-hydrogen) atoms. The zero-order valence-corrected chi connectivity index (χ0v) is 17.9. The molecule has 2 aromatic carbocycles. The van der Waals surface area contributed by atoms with E-state index in [1.165, 1.54) is 0 Å². The Morgan fingerprint density at radius 2 is 1.77 bits per heavy atom. The third-order valence-corrected chi connectivity index (χ3v) is 5.95. The molecule has 0 fully saturated rings. The smallest absolute Gasteiger partial charge is 0.238 e. The van der Waals surface area contributed by atoms with E-state index in [2.05, 4.69) is 9.97 Å². The van der Waals surface area contributed by atoms with Crippen molar-refractivity contribution in [2.75, 3.05) is 26.2 Å². The van der Waals surface area contributed by atoms with Crippen LogP contribution >= 0.6 is 11.3 Å². The second-order valence-electron chi connectivity index (χ2n) is 6.85. The quantitative estimate of drug-likeness (QED) is 0.469. The Hall–Kier alpha value is -3.72. The standard InChI is InChI=1S/C22H18N4O4S/c1-28-17-6-12(7-18(29-2)21(17)30-3)16-10-23-15-9-20(27)26(22(15)25-16)13-4-5-19-14(8-13)24-11-31-19/h4-8,10-11H,9H2,1-3H3. The second-order valence-corrected chi connectivity index (χ2v) is 7.74. The lowest BCUT2D eigenvalue weighted by Gasteiger charge is -2.17. The number of hydrogen-bond acceptors (Lipinski definition) is 8. The van der Waals surface area contributed by atoms with Gasteiger partial charge in [0.15, 0.2) is 17.3 Å². The van der Waals surface area contributed by atoms with Crippen molar-refractivity contribution in [3.8, 4) is 28.5 Å². The fourth-order valence-corrected chi connectivity index (χ4v) is 4.33. The van der Waals surface area contributed by atoms with Crippen molar-refractivity contribution < 1.29 is 19.0 Å². The number of benzene rings is 2. The van der Waals surface area contributed by atoms with Gasteiger partial charge in [0.2, 0.25) is 11.7 Å². The minimum Gasteiger partial charge on any atom is -0.493 e. The molecule has 0 N–H and O–H groups in total. The van der Waals surface area contributed by atoms with E-state index >= 15 is 0 Å². The summed E-state index contributed by atoms with van der Waals surface area (Å²) in [7, 11) is 4.67. The molecule has 1 amide bonds. The Labute approximate surface area is 182 Å². The van der Waals surface area contributed by atoms with Gasteiger partial charge < -0.3 is 14.2 Å². The highest BCUT2D eigenvalue weighted by atomic mass is 32.1. The van der Waals surface area contributed by atoms with Gasteiger partial charge in [-0.1, -0.05) is 0 Å². The van der Waals surface area contributed by atoms with Gasteiger partial charge in [-0.2, -0.15) is 0 Å². The Morgan fingerprint density at radius 1 is 1.00 bits per heavy atom. The van der Waals surface area contributed by atoms with Gasteiger partial charge in [-0.15, -0.1) is 11.3 Å². The predicted molar refractivity (Wildman–Crippen MR) is 118 cm³/mol. The van der Waals surface area contributed by atoms with E-state index in [0.29, 0.717) is 34.5 Å². The van der Waals surface area contributed by atoms with Crippen LogP contribution in [-0.2, 0) is 11.2 Å². The normalized spacial score (nSPS) is 12.9. The van der Waals surface area contributed by atoms with Gasteiger partial charge >= 0.3 is 0 Å². The molecule has 0 unspecified atom stereocenters. The summed E-state index contributed by atoms with van der Waals surface area (Å²) in [6, 6.07) is 9.37. The summed E-state index contributed by atoms with van der Waals surface area (Å²) in [4.78, 5) is 28.1. The van der Waals surface area contributed by atoms with Crippen LogP contribution in [-0.4, -0.2) is 42.2 Å². The molecule has 0 spiro atoms. The maximum atomic E-state index is 12.8. The molecule has 1 aliphatic heterocycles. The van der Waals surface area contributed by atoms with Crippen LogP contribution in [0.2, 0.25) is 0 Å². The molecule has 3 heterocycles. The summed E-state index contributed by atoms with van der Waals surface area (Å²) in [6.45, 7) is 0. The molecule has 1 aliphatic rings. The number of ether oxygens (including phenoxy) is 3. The van der Waals surface area contributed by atoms with E-state index in [1.54, 1.807) is 61.4 Å². The zero-order chi connectivity index (χ0) is 21.5. The summed E-state index contributed by atoms with van der Waals surface area (Å²) in [5.41, 5.74) is 5.32. The maximum absolute atomic E-state index is 12.8. The highest BCUT2D eigenvalue weighted by Crippen LogP contribution is 2.42. The molecule has 4 aromatic rings. The molecule has 0 atom stereocenters. The second kappa shape index (κ2) is 7.51. The number of rotatable bonds is 5. The topological polar surface area (TPSA) is 86.7 Å². The number of fused-ring (bicyclic) bond motifs is 2. The van der Waals surface area contributed by atoms with Crippen molar-refractivity contribution in [2.45, 2.75) is 6.42 Å². The Balaban J connectivity index is 1.61.